The number of carboxylic acids is 2. The molecule has 4 aromatic rings. The van der Waals surface area contributed by atoms with Crippen molar-refractivity contribution >= 4 is 59.4 Å². The molecule has 0 radical (unpaired) electrons. The second-order valence-electron chi connectivity index (χ2n) is 8.39. The van der Waals surface area contributed by atoms with E-state index >= 15 is 0 Å². The molecule has 0 saturated carbocycles. The van der Waals surface area contributed by atoms with Gasteiger partial charge < -0.3 is 41.2 Å². The lowest BCUT2D eigenvalue weighted by molar-refractivity contribution is 0.0592. The molecule has 0 aliphatic carbocycles. The number of methoxy groups -OCH3 is 2. The van der Waals surface area contributed by atoms with E-state index in [-0.39, 0.29) is 32.9 Å². The molecule has 0 amide bonds. The number of esters is 2. The van der Waals surface area contributed by atoms with Gasteiger partial charge in [0.05, 0.1) is 41.5 Å². The van der Waals surface area contributed by atoms with E-state index in [2.05, 4.69) is 19.4 Å². The summed E-state index contributed by atoms with van der Waals surface area (Å²) in [5.74, 6) is -3.17. The summed E-state index contributed by atoms with van der Waals surface area (Å²) in [5.41, 5.74) is 13.6. The molecule has 0 saturated heterocycles. The van der Waals surface area contributed by atoms with E-state index in [1.165, 1.54) is 75.4 Å². The molecule has 0 fully saturated rings. The monoisotopic (exact) mass is 624 g/mol. The smallest absolute Gasteiger partial charge is 0.478 e. The zero-order valence-electron chi connectivity index (χ0n) is 23.2. The maximum Gasteiger partial charge on any atom is 0.490 e. The molecule has 0 aliphatic rings. The van der Waals surface area contributed by atoms with Crippen LogP contribution in [0.1, 0.15) is 41.4 Å². The Morgan fingerprint density at radius 3 is 1.66 bits per heavy atom. The number of benzene rings is 2. The lowest BCUT2D eigenvalue weighted by Crippen LogP contribution is -2.32. The molecule has 2 aromatic heterocycles. The highest BCUT2D eigenvalue weighted by Crippen LogP contribution is 2.29. The normalized spacial score (nSPS) is 9.75. The Kier molecular flexibility index (Phi) is 12.8. The summed E-state index contributed by atoms with van der Waals surface area (Å²) in [7, 11) is 0.896. The van der Waals surface area contributed by atoms with Gasteiger partial charge in [-0.05, 0) is 36.4 Å². The molecule has 2 aromatic carbocycles. The number of carbonyl (C=O) groups excluding carboxylic acids is 2. The van der Waals surface area contributed by atoms with Crippen molar-refractivity contribution in [3.8, 4) is 11.1 Å². The number of hydrogen-bond acceptors (Lipinski definition) is 12. The van der Waals surface area contributed by atoms with E-state index in [0.717, 1.165) is 0 Å². The number of carbonyl (C=O) groups is 4. The van der Waals surface area contributed by atoms with Crippen LogP contribution >= 0.6 is 11.6 Å². The fourth-order valence-electron chi connectivity index (χ4n) is 3.44. The highest BCUT2D eigenvalue weighted by atomic mass is 35.5. The SMILES string of the molecule is COC(=O)c1ccc(-c2ccncc2C(=O)O)c(N)c1.COC(=O)c1ccc(B(O)O)c(N)c1.O=C(O)c1cnccc1Cl. The summed E-state index contributed by atoms with van der Waals surface area (Å²) in [4.78, 5) is 51.3. The minimum absolute atomic E-state index is 0.0316. The molecule has 228 valence electrons. The summed E-state index contributed by atoms with van der Waals surface area (Å²) in [5, 5.41) is 35.5. The zero-order chi connectivity index (χ0) is 33.0. The molecule has 0 atom stereocenters. The van der Waals surface area contributed by atoms with E-state index in [1.54, 1.807) is 12.1 Å². The van der Waals surface area contributed by atoms with Gasteiger partial charge in [-0.15, -0.1) is 0 Å². The molecule has 16 heteroatoms. The van der Waals surface area contributed by atoms with Crippen LogP contribution in [0, 0.1) is 0 Å². The van der Waals surface area contributed by atoms with Crippen molar-refractivity contribution in [3.63, 3.8) is 0 Å². The fourth-order valence-corrected chi connectivity index (χ4v) is 3.63. The van der Waals surface area contributed by atoms with Gasteiger partial charge in [0.2, 0.25) is 0 Å². The largest absolute Gasteiger partial charge is 0.490 e. The number of pyridine rings is 2. The minimum atomic E-state index is -1.64. The highest BCUT2D eigenvalue weighted by Gasteiger charge is 2.17. The molecule has 0 spiro atoms. The molecule has 8 N–H and O–H groups in total. The maximum atomic E-state index is 11.4. The first kappa shape index (κ1) is 34.7. The predicted octanol–water partition coefficient (Wildman–Crippen LogP) is 1.98. The van der Waals surface area contributed by atoms with Crippen LogP contribution in [0.25, 0.3) is 11.1 Å². The Labute approximate surface area is 255 Å². The van der Waals surface area contributed by atoms with E-state index in [0.29, 0.717) is 22.4 Å². The second kappa shape index (κ2) is 16.2. The van der Waals surface area contributed by atoms with Crippen molar-refractivity contribution in [2.45, 2.75) is 0 Å². The van der Waals surface area contributed by atoms with Crippen LogP contribution in [0.15, 0.2) is 73.3 Å². The number of halogens is 1. The predicted molar refractivity (Wildman–Crippen MR) is 161 cm³/mol. The van der Waals surface area contributed by atoms with Gasteiger partial charge in [-0.1, -0.05) is 23.7 Å². The molecule has 14 nitrogen and oxygen atoms in total. The Morgan fingerprint density at radius 2 is 1.23 bits per heavy atom. The summed E-state index contributed by atoms with van der Waals surface area (Å²) < 4.78 is 9.07. The number of ether oxygens (including phenoxy) is 2. The maximum absolute atomic E-state index is 11.4. The van der Waals surface area contributed by atoms with Gasteiger partial charge in [0, 0.05) is 52.8 Å². The van der Waals surface area contributed by atoms with E-state index in [9.17, 15) is 19.2 Å². The molecule has 2 heterocycles. The molecular weight excluding hydrogens is 599 g/mol. The molecule has 4 rings (SSSR count). The van der Waals surface area contributed by atoms with E-state index in [1.807, 2.05) is 0 Å². The third-order valence-electron chi connectivity index (χ3n) is 5.60. The van der Waals surface area contributed by atoms with Gasteiger partial charge in [0.25, 0.3) is 0 Å². The van der Waals surface area contributed by atoms with Crippen LogP contribution in [0.5, 0.6) is 0 Å². The van der Waals surface area contributed by atoms with Gasteiger partial charge >= 0.3 is 31.0 Å². The average molecular weight is 625 g/mol. The van der Waals surface area contributed by atoms with Crippen molar-refractivity contribution in [3.05, 3.63) is 101 Å². The number of anilines is 2. The van der Waals surface area contributed by atoms with Gasteiger partial charge in [-0.2, -0.15) is 0 Å². The standard InChI is InChI=1S/C14H12N2O4.C8H10BNO4.C6H4ClNO2/c1-20-14(19)8-2-3-10(12(15)6-8)9-4-5-16-7-11(9)13(17)18;1-14-8(11)5-2-3-6(9(12)13)7(10)4-5;7-5-1-2-8-3-4(5)6(9)10/h2-7H,15H2,1H3,(H,17,18);2-4,12-13H,10H2,1H3;1-3H,(H,9,10). The molecule has 0 unspecified atom stereocenters. The number of nitrogen functional groups attached to an aromatic ring is 2. The average Bonchev–Trinajstić information content (AvgIpc) is 3.00. The summed E-state index contributed by atoms with van der Waals surface area (Å²) in [6, 6.07) is 11.7. The molecule has 0 bridgehead atoms. The Bertz CT molecular complexity index is 1670. The van der Waals surface area contributed by atoms with Crippen LogP contribution < -0.4 is 16.9 Å². The second-order valence-corrected chi connectivity index (χ2v) is 8.80. The Hall–Kier alpha value is -5.51. The lowest BCUT2D eigenvalue weighted by atomic mass is 9.78. The van der Waals surface area contributed by atoms with Crippen molar-refractivity contribution < 1.29 is 48.9 Å². The first-order valence-electron chi connectivity index (χ1n) is 12.1. The van der Waals surface area contributed by atoms with Gasteiger partial charge in [-0.25, -0.2) is 19.2 Å². The number of nitrogens with two attached hydrogens (primary N) is 2. The van der Waals surface area contributed by atoms with Crippen LogP contribution in [-0.4, -0.2) is 75.4 Å². The number of rotatable bonds is 6. The summed E-state index contributed by atoms with van der Waals surface area (Å²) in [6.07, 6.45) is 5.39. The first-order chi connectivity index (χ1) is 20.8. The van der Waals surface area contributed by atoms with Crippen molar-refractivity contribution in [2.24, 2.45) is 0 Å². The summed E-state index contributed by atoms with van der Waals surface area (Å²) in [6.45, 7) is 0. The van der Waals surface area contributed by atoms with Crippen LogP contribution in [0.2, 0.25) is 5.02 Å². The topological polar surface area (TPSA) is 245 Å². The molecular formula is C28H26BClN4O10. The van der Waals surface area contributed by atoms with Crippen molar-refractivity contribution in [1.29, 1.82) is 0 Å². The van der Waals surface area contributed by atoms with Crippen LogP contribution in [0.3, 0.4) is 0 Å². The Morgan fingerprint density at radius 1 is 0.727 bits per heavy atom. The number of aromatic carboxylic acids is 2. The van der Waals surface area contributed by atoms with Crippen molar-refractivity contribution in [1.82, 2.24) is 9.97 Å². The minimum Gasteiger partial charge on any atom is -0.478 e. The number of aromatic nitrogens is 2. The highest BCUT2D eigenvalue weighted by molar-refractivity contribution is 6.60. The number of nitrogens with zero attached hydrogens (tertiary/aromatic N) is 2. The third kappa shape index (κ3) is 9.25. The first-order valence-corrected chi connectivity index (χ1v) is 12.5. The van der Waals surface area contributed by atoms with Gasteiger partial charge in [0.15, 0.2) is 0 Å². The van der Waals surface area contributed by atoms with Crippen LogP contribution in [0.4, 0.5) is 11.4 Å². The third-order valence-corrected chi connectivity index (χ3v) is 5.93. The van der Waals surface area contributed by atoms with E-state index in [4.69, 9.17) is 43.3 Å². The summed E-state index contributed by atoms with van der Waals surface area (Å²) >= 11 is 5.50. The van der Waals surface area contributed by atoms with E-state index < -0.39 is 31.0 Å². The number of hydrogen-bond donors (Lipinski definition) is 6. The lowest BCUT2D eigenvalue weighted by Gasteiger charge is -2.10. The Balaban J connectivity index is 0.000000245. The van der Waals surface area contributed by atoms with Crippen LogP contribution in [-0.2, 0) is 9.47 Å². The molecule has 0 aliphatic heterocycles. The van der Waals surface area contributed by atoms with Gasteiger partial charge in [0.1, 0.15) is 0 Å². The van der Waals surface area contributed by atoms with Gasteiger partial charge in [-0.3, -0.25) is 9.97 Å². The number of carboxylic acid groups (broad SMARTS) is 2. The quantitative estimate of drug-likeness (QED) is 0.102. The fraction of sp³-hybridized carbons (Fsp3) is 0.0714. The zero-order valence-corrected chi connectivity index (χ0v) is 23.9. The molecule has 44 heavy (non-hydrogen) atoms. The van der Waals surface area contributed by atoms with Crippen molar-refractivity contribution in [2.75, 3.05) is 25.7 Å².